The molecule has 0 aliphatic heterocycles. The molecule has 0 aromatic heterocycles. The van der Waals surface area contributed by atoms with Crippen LogP contribution >= 0.6 is 0 Å². The van der Waals surface area contributed by atoms with Crippen molar-refractivity contribution >= 4 is 0 Å². The average molecular weight is 414 g/mol. The highest BCUT2D eigenvalue weighted by atomic mass is 19.2. The first-order chi connectivity index (χ1) is 14.3. The van der Waals surface area contributed by atoms with Gasteiger partial charge in [0.1, 0.15) is 23.2 Å². The molecule has 3 aromatic rings. The molecule has 0 spiro atoms. The molecule has 3 aromatic carbocycles. The van der Waals surface area contributed by atoms with Crippen LogP contribution in [-0.4, -0.2) is 0 Å². The van der Waals surface area contributed by atoms with Crippen LogP contribution in [0.2, 0.25) is 0 Å². The summed E-state index contributed by atoms with van der Waals surface area (Å²) in [5.74, 6) is -3.61. The van der Waals surface area contributed by atoms with E-state index in [-0.39, 0.29) is 18.1 Å². The Hall–Kier alpha value is -3.08. The van der Waals surface area contributed by atoms with Crippen LogP contribution < -0.4 is 4.74 Å². The molecule has 30 heavy (non-hydrogen) atoms. The number of benzene rings is 3. The second-order valence-corrected chi connectivity index (χ2v) is 7.38. The van der Waals surface area contributed by atoms with Crippen molar-refractivity contribution in [1.29, 1.82) is 0 Å². The van der Waals surface area contributed by atoms with Gasteiger partial charge in [0, 0.05) is 12.3 Å². The van der Waals surface area contributed by atoms with Crippen LogP contribution in [0, 0.1) is 17.6 Å². The fourth-order valence-electron chi connectivity index (χ4n) is 3.28. The Bertz CT molecular complexity index is 1010. The minimum Gasteiger partial charge on any atom is -0.454 e. The lowest BCUT2D eigenvalue weighted by Gasteiger charge is -2.20. The van der Waals surface area contributed by atoms with Crippen molar-refractivity contribution in [3.05, 3.63) is 107 Å². The standard InChI is InChI=1S/C25H22F4O/c1-16(2)24(18-9-11-19(26)12-10-18)25(29)22(28)14-17-8-13-21(27)23(15-17)30-20-6-4-3-5-7-20/h3-13,15-16,24H,14H2,1-2H3/b25-22+. The van der Waals surface area contributed by atoms with Crippen molar-refractivity contribution in [2.24, 2.45) is 5.92 Å². The van der Waals surface area contributed by atoms with Crippen molar-refractivity contribution in [2.75, 3.05) is 0 Å². The van der Waals surface area contributed by atoms with Crippen molar-refractivity contribution in [1.82, 2.24) is 0 Å². The fraction of sp³-hybridized carbons (Fsp3) is 0.200. The third-order valence-corrected chi connectivity index (χ3v) is 4.75. The van der Waals surface area contributed by atoms with Crippen LogP contribution in [0.1, 0.15) is 30.9 Å². The monoisotopic (exact) mass is 414 g/mol. The highest BCUT2D eigenvalue weighted by molar-refractivity contribution is 5.37. The highest BCUT2D eigenvalue weighted by Gasteiger charge is 2.25. The molecule has 0 N–H and O–H groups in total. The van der Waals surface area contributed by atoms with Crippen LogP contribution in [0.3, 0.4) is 0 Å². The first-order valence-corrected chi connectivity index (χ1v) is 9.66. The molecule has 5 heteroatoms. The second kappa shape index (κ2) is 9.61. The number of hydrogen-bond acceptors (Lipinski definition) is 1. The van der Waals surface area contributed by atoms with E-state index in [2.05, 4.69) is 0 Å². The van der Waals surface area contributed by atoms with Crippen molar-refractivity contribution in [3.63, 3.8) is 0 Å². The summed E-state index contributed by atoms with van der Waals surface area (Å²) in [6.45, 7) is 3.54. The maximum Gasteiger partial charge on any atom is 0.165 e. The number of halogens is 4. The molecule has 3 rings (SSSR count). The van der Waals surface area contributed by atoms with Gasteiger partial charge in [-0.05, 0) is 53.4 Å². The minimum absolute atomic E-state index is 0.0640. The van der Waals surface area contributed by atoms with E-state index >= 15 is 4.39 Å². The summed E-state index contributed by atoms with van der Waals surface area (Å²) < 4.78 is 62.7. The average Bonchev–Trinajstić information content (AvgIpc) is 2.72. The van der Waals surface area contributed by atoms with E-state index in [1.807, 2.05) is 0 Å². The zero-order valence-corrected chi connectivity index (χ0v) is 16.7. The molecule has 0 aliphatic rings. The predicted octanol–water partition coefficient (Wildman–Crippen LogP) is 7.89. The van der Waals surface area contributed by atoms with Gasteiger partial charge in [0.15, 0.2) is 11.6 Å². The van der Waals surface area contributed by atoms with Crippen LogP contribution in [0.15, 0.2) is 84.5 Å². The predicted molar refractivity (Wildman–Crippen MR) is 110 cm³/mol. The van der Waals surface area contributed by atoms with Gasteiger partial charge in [0.25, 0.3) is 0 Å². The van der Waals surface area contributed by atoms with E-state index in [1.54, 1.807) is 44.2 Å². The van der Waals surface area contributed by atoms with Crippen LogP contribution in [0.5, 0.6) is 11.5 Å². The van der Waals surface area contributed by atoms with Gasteiger partial charge in [-0.3, -0.25) is 0 Å². The summed E-state index contributed by atoms with van der Waals surface area (Å²) in [7, 11) is 0. The van der Waals surface area contributed by atoms with E-state index in [4.69, 9.17) is 4.74 Å². The van der Waals surface area contributed by atoms with E-state index in [9.17, 15) is 13.2 Å². The summed E-state index contributed by atoms with van der Waals surface area (Å²) in [5.41, 5.74) is 0.864. The van der Waals surface area contributed by atoms with Crippen molar-refractivity contribution < 1.29 is 22.3 Å². The minimum atomic E-state index is -0.949. The summed E-state index contributed by atoms with van der Waals surface area (Å²) in [4.78, 5) is 0. The largest absolute Gasteiger partial charge is 0.454 e. The third-order valence-electron chi connectivity index (χ3n) is 4.75. The summed E-state index contributed by atoms with van der Waals surface area (Å²) in [5, 5.41) is 0. The molecule has 1 atom stereocenters. The Labute approximate surface area is 173 Å². The highest BCUT2D eigenvalue weighted by Crippen LogP contribution is 2.36. The van der Waals surface area contributed by atoms with E-state index in [1.165, 1.54) is 42.5 Å². The van der Waals surface area contributed by atoms with Gasteiger partial charge in [-0.1, -0.05) is 50.2 Å². The molecule has 156 valence electrons. The summed E-state index contributed by atoms with van der Waals surface area (Å²) in [6, 6.07) is 17.9. The zero-order chi connectivity index (χ0) is 21.7. The number of rotatable bonds is 7. The first kappa shape index (κ1) is 21.6. The molecule has 0 amide bonds. The molecule has 0 bridgehead atoms. The van der Waals surface area contributed by atoms with E-state index in [0.29, 0.717) is 16.9 Å². The maximum absolute atomic E-state index is 15.0. The lowest BCUT2D eigenvalue weighted by molar-refractivity contribution is 0.414. The number of hydrogen-bond donors (Lipinski definition) is 0. The molecule has 0 radical (unpaired) electrons. The molecule has 0 aliphatic carbocycles. The zero-order valence-electron chi connectivity index (χ0n) is 16.7. The van der Waals surface area contributed by atoms with Crippen molar-refractivity contribution in [2.45, 2.75) is 26.2 Å². The molecular formula is C25H22F4O. The number of allylic oxidation sites excluding steroid dienone is 2. The van der Waals surface area contributed by atoms with Gasteiger partial charge in [0.2, 0.25) is 0 Å². The molecule has 1 unspecified atom stereocenters. The Morgan fingerprint density at radius 3 is 2.17 bits per heavy atom. The fourth-order valence-corrected chi connectivity index (χ4v) is 3.28. The van der Waals surface area contributed by atoms with Gasteiger partial charge in [-0.2, -0.15) is 0 Å². The molecule has 0 saturated heterocycles. The van der Waals surface area contributed by atoms with Gasteiger partial charge in [-0.15, -0.1) is 0 Å². The lowest BCUT2D eigenvalue weighted by atomic mass is 9.86. The smallest absolute Gasteiger partial charge is 0.165 e. The van der Waals surface area contributed by atoms with E-state index < -0.39 is 29.2 Å². The second-order valence-electron chi connectivity index (χ2n) is 7.38. The lowest BCUT2D eigenvalue weighted by Crippen LogP contribution is -2.09. The number of para-hydroxylation sites is 1. The third kappa shape index (κ3) is 5.29. The van der Waals surface area contributed by atoms with Crippen LogP contribution in [0.25, 0.3) is 0 Å². The first-order valence-electron chi connectivity index (χ1n) is 9.66. The Kier molecular flexibility index (Phi) is 6.93. The Morgan fingerprint density at radius 2 is 1.53 bits per heavy atom. The Balaban J connectivity index is 1.85. The van der Waals surface area contributed by atoms with Crippen LogP contribution in [-0.2, 0) is 6.42 Å². The molecule has 1 nitrogen and oxygen atoms in total. The quantitative estimate of drug-likeness (QED) is 0.357. The van der Waals surface area contributed by atoms with Gasteiger partial charge in [-0.25, -0.2) is 17.6 Å². The Morgan fingerprint density at radius 1 is 0.867 bits per heavy atom. The van der Waals surface area contributed by atoms with Gasteiger partial charge >= 0.3 is 0 Å². The number of ether oxygens (including phenoxy) is 1. The van der Waals surface area contributed by atoms with Crippen molar-refractivity contribution in [3.8, 4) is 11.5 Å². The topological polar surface area (TPSA) is 9.23 Å². The SMILES string of the molecule is CC(C)C(/C(F)=C(\F)Cc1ccc(F)c(Oc2ccccc2)c1)c1ccc(F)cc1. The molecule has 0 heterocycles. The maximum atomic E-state index is 15.0. The van der Waals surface area contributed by atoms with E-state index in [0.717, 1.165) is 0 Å². The molecule has 0 saturated carbocycles. The molecule has 0 fully saturated rings. The summed E-state index contributed by atoms with van der Waals surface area (Å²) >= 11 is 0. The van der Waals surface area contributed by atoms with Crippen LogP contribution in [0.4, 0.5) is 17.6 Å². The molecular weight excluding hydrogens is 392 g/mol. The summed E-state index contributed by atoms with van der Waals surface area (Å²) in [6.07, 6.45) is -0.346. The normalized spacial score (nSPS) is 13.2. The van der Waals surface area contributed by atoms with Gasteiger partial charge < -0.3 is 4.74 Å². The van der Waals surface area contributed by atoms with Gasteiger partial charge in [0.05, 0.1) is 0 Å².